The Kier molecular flexibility index (Phi) is 5.28. The molecule has 1 aliphatic heterocycles. The first-order valence-corrected chi connectivity index (χ1v) is 8.15. The van der Waals surface area contributed by atoms with Crippen molar-refractivity contribution in [1.29, 1.82) is 0 Å². The number of carbonyl (C=O) groups is 1. The number of aliphatic hydroxyl groups excluding tert-OH is 1. The molecule has 104 valence electrons. The third-order valence-electron chi connectivity index (χ3n) is 3.58. The summed E-state index contributed by atoms with van der Waals surface area (Å²) in [6.45, 7) is 0.826. The van der Waals surface area contributed by atoms with Gasteiger partial charge in [-0.05, 0) is 43.2 Å². The molecule has 0 spiro atoms. The number of nitrogens with zero attached hydrogens (tertiary/aromatic N) is 1. The van der Waals surface area contributed by atoms with Crippen LogP contribution in [0.1, 0.15) is 35.2 Å². The normalized spacial score (nSPS) is 19.5. The van der Waals surface area contributed by atoms with Gasteiger partial charge in [0.2, 0.25) is 0 Å². The maximum absolute atomic E-state index is 12.5. The lowest BCUT2D eigenvalue weighted by Crippen LogP contribution is -2.45. The second kappa shape index (κ2) is 6.96. The van der Waals surface area contributed by atoms with Crippen LogP contribution in [0.25, 0.3) is 0 Å². The molecule has 2 rings (SSSR count). The van der Waals surface area contributed by atoms with Gasteiger partial charge in [0.15, 0.2) is 0 Å². The predicted octanol–water partition coefficient (Wildman–Crippen LogP) is 2.54. The van der Waals surface area contributed by atoms with Crippen molar-refractivity contribution in [2.45, 2.75) is 31.1 Å². The van der Waals surface area contributed by atoms with Gasteiger partial charge in [0.1, 0.15) is 0 Å². The van der Waals surface area contributed by atoms with Crippen molar-refractivity contribution in [3.63, 3.8) is 0 Å². The minimum absolute atomic E-state index is 0.00884. The molecular formula is C15H21NO2S. The fraction of sp³-hybridized carbons (Fsp3) is 0.533. The molecule has 19 heavy (non-hydrogen) atoms. The molecule has 0 saturated carbocycles. The van der Waals surface area contributed by atoms with Crippen molar-refractivity contribution in [3.8, 4) is 0 Å². The maximum atomic E-state index is 12.5. The van der Waals surface area contributed by atoms with Crippen molar-refractivity contribution >= 4 is 17.7 Å². The molecule has 4 heteroatoms. The van der Waals surface area contributed by atoms with Gasteiger partial charge in [-0.1, -0.05) is 12.1 Å². The van der Waals surface area contributed by atoms with Crippen LogP contribution in [-0.2, 0) is 5.75 Å². The van der Waals surface area contributed by atoms with E-state index in [1.165, 1.54) is 5.56 Å². The number of benzene rings is 1. The topological polar surface area (TPSA) is 40.5 Å². The van der Waals surface area contributed by atoms with Crippen molar-refractivity contribution < 1.29 is 9.90 Å². The fourth-order valence-corrected chi connectivity index (χ4v) is 3.10. The molecule has 3 nitrogen and oxygen atoms in total. The average molecular weight is 279 g/mol. The van der Waals surface area contributed by atoms with E-state index in [-0.39, 0.29) is 18.6 Å². The van der Waals surface area contributed by atoms with Gasteiger partial charge < -0.3 is 10.0 Å². The molecule has 1 fully saturated rings. The van der Waals surface area contributed by atoms with E-state index in [0.29, 0.717) is 0 Å². The van der Waals surface area contributed by atoms with E-state index in [1.807, 2.05) is 29.2 Å². The van der Waals surface area contributed by atoms with E-state index >= 15 is 0 Å². The summed E-state index contributed by atoms with van der Waals surface area (Å²) in [4.78, 5) is 14.4. The highest BCUT2D eigenvalue weighted by molar-refractivity contribution is 7.97. The van der Waals surface area contributed by atoms with E-state index in [1.54, 1.807) is 11.8 Å². The highest BCUT2D eigenvalue weighted by atomic mass is 32.2. The van der Waals surface area contributed by atoms with Gasteiger partial charge >= 0.3 is 0 Å². The van der Waals surface area contributed by atoms with E-state index in [2.05, 4.69) is 6.26 Å². The Hall–Kier alpha value is -1.00. The van der Waals surface area contributed by atoms with Gasteiger partial charge in [0.25, 0.3) is 5.91 Å². The second-order valence-corrected chi connectivity index (χ2v) is 5.83. The summed E-state index contributed by atoms with van der Waals surface area (Å²) in [6.07, 6.45) is 5.10. The van der Waals surface area contributed by atoms with Gasteiger partial charge in [-0.2, -0.15) is 11.8 Å². The van der Waals surface area contributed by atoms with Crippen LogP contribution in [0.4, 0.5) is 0 Å². The smallest absolute Gasteiger partial charge is 0.254 e. The molecule has 0 aliphatic carbocycles. The number of carbonyl (C=O) groups excluding carboxylic acids is 1. The number of hydrogen-bond donors (Lipinski definition) is 1. The third kappa shape index (κ3) is 3.51. The van der Waals surface area contributed by atoms with Gasteiger partial charge in [0, 0.05) is 17.9 Å². The zero-order valence-corrected chi connectivity index (χ0v) is 12.2. The van der Waals surface area contributed by atoms with Gasteiger partial charge in [-0.15, -0.1) is 0 Å². The van der Waals surface area contributed by atoms with Crippen molar-refractivity contribution in [1.82, 2.24) is 4.90 Å². The van der Waals surface area contributed by atoms with E-state index < -0.39 is 0 Å². The Morgan fingerprint density at radius 2 is 2.32 bits per heavy atom. The predicted molar refractivity (Wildman–Crippen MR) is 79.4 cm³/mol. The highest BCUT2D eigenvalue weighted by Gasteiger charge is 2.26. The fourth-order valence-electron chi connectivity index (χ4n) is 2.58. The summed E-state index contributed by atoms with van der Waals surface area (Å²) in [5, 5.41) is 9.40. The van der Waals surface area contributed by atoms with Crippen LogP contribution in [0.15, 0.2) is 24.3 Å². The minimum atomic E-state index is -0.00884. The Balaban J connectivity index is 2.15. The van der Waals surface area contributed by atoms with Crippen LogP contribution in [0.5, 0.6) is 0 Å². The summed E-state index contributed by atoms with van der Waals surface area (Å²) in [5.74, 6) is 0.978. The van der Waals surface area contributed by atoms with Crippen LogP contribution >= 0.6 is 11.8 Å². The second-order valence-electron chi connectivity index (χ2n) is 4.96. The molecule has 1 unspecified atom stereocenters. The SMILES string of the molecule is CSCc1cccc(C(=O)N2CCCCC2CO)c1. The van der Waals surface area contributed by atoms with Gasteiger partial charge in [-0.3, -0.25) is 4.79 Å². The largest absolute Gasteiger partial charge is 0.394 e. The Morgan fingerprint density at radius 1 is 1.47 bits per heavy atom. The van der Waals surface area contributed by atoms with Crippen LogP contribution in [0, 0.1) is 0 Å². The van der Waals surface area contributed by atoms with Crippen molar-refractivity contribution in [2.75, 3.05) is 19.4 Å². The van der Waals surface area contributed by atoms with Crippen molar-refractivity contribution in [3.05, 3.63) is 35.4 Å². The summed E-state index contributed by atoms with van der Waals surface area (Å²) in [6, 6.07) is 7.83. The Bertz CT molecular complexity index is 436. The minimum Gasteiger partial charge on any atom is -0.394 e. The lowest BCUT2D eigenvalue weighted by atomic mass is 10.0. The highest BCUT2D eigenvalue weighted by Crippen LogP contribution is 2.20. The van der Waals surface area contributed by atoms with Crippen LogP contribution in [0.3, 0.4) is 0 Å². The summed E-state index contributed by atoms with van der Waals surface area (Å²) in [7, 11) is 0. The Morgan fingerprint density at radius 3 is 3.05 bits per heavy atom. The summed E-state index contributed by atoms with van der Waals surface area (Å²) < 4.78 is 0. The molecule has 0 aromatic heterocycles. The number of rotatable bonds is 4. The number of amides is 1. The first-order chi connectivity index (χ1) is 9.26. The van der Waals surface area contributed by atoms with Gasteiger partial charge in [0.05, 0.1) is 12.6 Å². The molecular weight excluding hydrogens is 258 g/mol. The molecule has 1 amide bonds. The number of piperidine rings is 1. The van der Waals surface area contributed by atoms with E-state index in [0.717, 1.165) is 37.1 Å². The summed E-state index contributed by atoms with van der Waals surface area (Å²) >= 11 is 1.75. The van der Waals surface area contributed by atoms with E-state index in [4.69, 9.17) is 0 Å². The first-order valence-electron chi connectivity index (χ1n) is 6.76. The standard InChI is InChI=1S/C15H21NO2S/c1-19-11-12-5-4-6-13(9-12)15(18)16-8-3-2-7-14(16)10-17/h4-6,9,14,17H,2-3,7-8,10-11H2,1H3. The van der Waals surface area contributed by atoms with E-state index in [9.17, 15) is 9.90 Å². The average Bonchev–Trinajstić information content (AvgIpc) is 2.47. The summed E-state index contributed by atoms with van der Waals surface area (Å²) in [5.41, 5.74) is 1.92. The molecule has 0 radical (unpaired) electrons. The molecule has 0 bridgehead atoms. The number of aliphatic hydroxyl groups is 1. The lowest BCUT2D eigenvalue weighted by molar-refractivity contribution is 0.0503. The zero-order valence-electron chi connectivity index (χ0n) is 11.3. The maximum Gasteiger partial charge on any atom is 0.254 e. The molecule has 1 heterocycles. The quantitative estimate of drug-likeness (QED) is 0.921. The van der Waals surface area contributed by atoms with Crippen LogP contribution in [0.2, 0.25) is 0 Å². The molecule has 1 saturated heterocycles. The molecule has 1 N–H and O–H groups in total. The number of thioether (sulfide) groups is 1. The zero-order chi connectivity index (χ0) is 13.7. The first kappa shape index (κ1) is 14.4. The molecule has 1 aliphatic rings. The molecule has 1 atom stereocenters. The lowest BCUT2D eigenvalue weighted by Gasteiger charge is -2.34. The Labute approximate surface area is 119 Å². The van der Waals surface area contributed by atoms with Crippen LogP contribution < -0.4 is 0 Å². The third-order valence-corrected chi connectivity index (χ3v) is 4.21. The van der Waals surface area contributed by atoms with Crippen LogP contribution in [-0.4, -0.2) is 41.4 Å². The molecule has 1 aromatic rings. The monoisotopic (exact) mass is 279 g/mol. The van der Waals surface area contributed by atoms with Crippen molar-refractivity contribution in [2.24, 2.45) is 0 Å². The number of likely N-dealkylation sites (tertiary alicyclic amines) is 1. The number of hydrogen-bond acceptors (Lipinski definition) is 3. The molecule has 1 aromatic carbocycles. The van der Waals surface area contributed by atoms with Gasteiger partial charge in [-0.25, -0.2) is 0 Å².